The van der Waals surface area contributed by atoms with Gasteiger partial charge in [0.2, 0.25) is 0 Å². The molecule has 104 valence electrons. The minimum atomic E-state index is -0.246. The van der Waals surface area contributed by atoms with E-state index < -0.39 is 0 Å². The SMILES string of the molecule is CCN1CCOC(CN2CCOC(C(=N)N)C2)C1. The molecule has 0 aliphatic carbocycles. The van der Waals surface area contributed by atoms with Gasteiger partial charge >= 0.3 is 0 Å². The molecule has 2 unspecified atom stereocenters. The lowest BCUT2D eigenvalue weighted by Crippen LogP contribution is -2.53. The summed E-state index contributed by atoms with van der Waals surface area (Å²) >= 11 is 0. The molecule has 0 spiro atoms. The van der Waals surface area contributed by atoms with Crippen LogP contribution in [0.15, 0.2) is 0 Å². The van der Waals surface area contributed by atoms with E-state index in [1.807, 2.05) is 0 Å². The molecule has 6 nitrogen and oxygen atoms in total. The fourth-order valence-corrected chi connectivity index (χ4v) is 2.52. The number of ether oxygens (including phenoxy) is 2. The van der Waals surface area contributed by atoms with Crippen LogP contribution in [0, 0.1) is 5.41 Å². The summed E-state index contributed by atoms with van der Waals surface area (Å²) in [6.07, 6.45) is 0.0222. The minimum Gasteiger partial charge on any atom is -0.385 e. The van der Waals surface area contributed by atoms with Crippen molar-refractivity contribution in [3.8, 4) is 0 Å². The van der Waals surface area contributed by atoms with E-state index in [0.717, 1.165) is 39.3 Å². The van der Waals surface area contributed by atoms with E-state index in [4.69, 9.17) is 20.6 Å². The molecule has 2 saturated heterocycles. The maximum absolute atomic E-state index is 7.45. The van der Waals surface area contributed by atoms with Crippen molar-refractivity contribution in [2.45, 2.75) is 19.1 Å². The summed E-state index contributed by atoms with van der Waals surface area (Å²) in [5.41, 5.74) is 5.50. The highest BCUT2D eigenvalue weighted by molar-refractivity contribution is 5.82. The van der Waals surface area contributed by atoms with Crippen molar-refractivity contribution in [2.24, 2.45) is 5.73 Å². The number of likely N-dealkylation sites (N-methyl/N-ethyl adjacent to an activating group) is 1. The highest BCUT2D eigenvalue weighted by Crippen LogP contribution is 2.10. The van der Waals surface area contributed by atoms with E-state index in [2.05, 4.69) is 16.7 Å². The summed E-state index contributed by atoms with van der Waals surface area (Å²) in [6.45, 7) is 9.28. The Labute approximate surface area is 109 Å². The third-order valence-electron chi connectivity index (χ3n) is 3.63. The average molecular weight is 256 g/mol. The van der Waals surface area contributed by atoms with Crippen LogP contribution in [0.2, 0.25) is 0 Å². The van der Waals surface area contributed by atoms with Gasteiger partial charge in [-0.2, -0.15) is 0 Å². The highest BCUT2D eigenvalue weighted by atomic mass is 16.5. The average Bonchev–Trinajstić information content (AvgIpc) is 2.39. The van der Waals surface area contributed by atoms with Gasteiger partial charge in [-0.15, -0.1) is 0 Å². The van der Waals surface area contributed by atoms with Gasteiger partial charge in [0, 0.05) is 32.7 Å². The molecule has 18 heavy (non-hydrogen) atoms. The predicted octanol–water partition coefficient (Wildman–Crippen LogP) is -0.656. The Morgan fingerprint density at radius 2 is 1.94 bits per heavy atom. The molecule has 0 radical (unpaired) electrons. The molecule has 2 fully saturated rings. The van der Waals surface area contributed by atoms with E-state index in [1.54, 1.807) is 0 Å². The zero-order valence-electron chi connectivity index (χ0n) is 11.1. The normalized spacial score (nSPS) is 31.4. The summed E-state index contributed by atoms with van der Waals surface area (Å²) in [6, 6.07) is 0. The molecule has 3 N–H and O–H groups in total. The fourth-order valence-electron chi connectivity index (χ4n) is 2.52. The largest absolute Gasteiger partial charge is 0.385 e. The van der Waals surface area contributed by atoms with Gasteiger partial charge in [0.05, 0.1) is 19.3 Å². The molecule has 0 saturated carbocycles. The maximum atomic E-state index is 7.45. The lowest BCUT2D eigenvalue weighted by molar-refractivity contribution is -0.0626. The van der Waals surface area contributed by atoms with Gasteiger partial charge in [0.15, 0.2) is 0 Å². The first-order valence-electron chi connectivity index (χ1n) is 6.71. The lowest BCUT2D eigenvalue weighted by atomic mass is 10.2. The van der Waals surface area contributed by atoms with Crippen molar-refractivity contribution in [3.63, 3.8) is 0 Å². The maximum Gasteiger partial charge on any atom is 0.127 e. The molecule has 0 aromatic heterocycles. The van der Waals surface area contributed by atoms with Crippen molar-refractivity contribution >= 4 is 5.84 Å². The Bertz CT molecular complexity index is 287. The van der Waals surface area contributed by atoms with Gasteiger partial charge in [-0.1, -0.05) is 6.92 Å². The molecule has 2 aliphatic heterocycles. The Morgan fingerprint density at radius 1 is 1.22 bits per heavy atom. The Kier molecular flexibility index (Phi) is 4.94. The van der Waals surface area contributed by atoms with Crippen molar-refractivity contribution in [1.29, 1.82) is 5.41 Å². The van der Waals surface area contributed by atoms with E-state index >= 15 is 0 Å². The molecule has 0 bridgehead atoms. The van der Waals surface area contributed by atoms with Crippen molar-refractivity contribution in [3.05, 3.63) is 0 Å². The second kappa shape index (κ2) is 6.47. The number of nitrogens with one attached hydrogen (secondary N) is 1. The van der Waals surface area contributed by atoms with Gasteiger partial charge in [-0.05, 0) is 6.54 Å². The molecule has 0 aromatic carbocycles. The molecular weight excluding hydrogens is 232 g/mol. The molecule has 2 aliphatic rings. The minimum absolute atomic E-state index is 0.124. The van der Waals surface area contributed by atoms with E-state index in [-0.39, 0.29) is 18.0 Å². The van der Waals surface area contributed by atoms with Crippen molar-refractivity contribution in [1.82, 2.24) is 9.80 Å². The smallest absolute Gasteiger partial charge is 0.127 e. The van der Waals surface area contributed by atoms with Gasteiger partial charge in [-0.25, -0.2) is 0 Å². The first kappa shape index (κ1) is 13.7. The van der Waals surface area contributed by atoms with Gasteiger partial charge in [0.25, 0.3) is 0 Å². The summed E-state index contributed by atoms with van der Waals surface area (Å²) in [4.78, 5) is 4.70. The van der Waals surface area contributed by atoms with Crippen LogP contribution in [-0.4, -0.2) is 80.3 Å². The fraction of sp³-hybridized carbons (Fsp3) is 0.917. The van der Waals surface area contributed by atoms with Gasteiger partial charge < -0.3 is 15.2 Å². The van der Waals surface area contributed by atoms with Crippen LogP contribution in [0.3, 0.4) is 0 Å². The predicted molar refractivity (Wildman–Crippen MR) is 69.9 cm³/mol. The molecule has 2 atom stereocenters. The Morgan fingerprint density at radius 3 is 2.67 bits per heavy atom. The molecule has 0 aromatic rings. The van der Waals surface area contributed by atoms with E-state index in [9.17, 15) is 0 Å². The third-order valence-corrected chi connectivity index (χ3v) is 3.63. The van der Waals surface area contributed by atoms with Crippen LogP contribution < -0.4 is 5.73 Å². The number of nitrogens with two attached hydrogens (primary N) is 1. The standard InChI is InChI=1S/C12H24N4O2/c1-2-15-3-5-17-10(7-15)8-16-4-6-18-11(9-16)12(13)14/h10-11H,2-9H2,1H3,(H3,13,14). The van der Waals surface area contributed by atoms with Crippen LogP contribution in [0.5, 0.6) is 0 Å². The summed E-state index contributed by atoms with van der Waals surface area (Å²) in [7, 11) is 0. The van der Waals surface area contributed by atoms with Gasteiger partial charge in [0.1, 0.15) is 11.9 Å². The van der Waals surface area contributed by atoms with E-state index in [0.29, 0.717) is 13.2 Å². The summed E-state index contributed by atoms with van der Waals surface area (Å²) in [5, 5.41) is 7.45. The first-order valence-corrected chi connectivity index (χ1v) is 6.71. The zero-order valence-corrected chi connectivity index (χ0v) is 11.1. The van der Waals surface area contributed by atoms with Crippen LogP contribution >= 0.6 is 0 Å². The summed E-state index contributed by atoms with van der Waals surface area (Å²) < 4.78 is 11.3. The number of rotatable bonds is 4. The van der Waals surface area contributed by atoms with Gasteiger partial charge in [-0.3, -0.25) is 15.2 Å². The number of amidine groups is 1. The van der Waals surface area contributed by atoms with Crippen molar-refractivity contribution < 1.29 is 9.47 Å². The van der Waals surface area contributed by atoms with Crippen LogP contribution in [0.4, 0.5) is 0 Å². The quantitative estimate of drug-likeness (QED) is 0.516. The molecule has 2 rings (SSSR count). The van der Waals surface area contributed by atoms with Crippen LogP contribution in [0.1, 0.15) is 6.92 Å². The Balaban J connectivity index is 1.79. The number of morpholine rings is 2. The molecular formula is C12H24N4O2. The molecule has 6 heteroatoms. The third kappa shape index (κ3) is 3.65. The second-order valence-corrected chi connectivity index (χ2v) is 4.96. The summed E-state index contributed by atoms with van der Waals surface area (Å²) in [5.74, 6) is 0.124. The first-order chi connectivity index (χ1) is 8.69. The molecule has 2 heterocycles. The van der Waals surface area contributed by atoms with Crippen LogP contribution in [0.25, 0.3) is 0 Å². The second-order valence-electron chi connectivity index (χ2n) is 4.96. The van der Waals surface area contributed by atoms with Crippen LogP contribution in [-0.2, 0) is 9.47 Å². The van der Waals surface area contributed by atoms with E-state index in [1.165, 1.54) is 0 Å². The number of nitrogens with zero attached hydrogens (tertiary/aromatic N) is 2. The Hall–Kier alpha value is -0.690. The monoisotopic (exact) mass is 256 g/mol. The molecule has 0 amide bonds. The number of hydrogen-bond acceptors (Lipinski definition) is 5. The highest BCUT2D eigenvalue weighted by Gasteiger charge is 2.27. The number of hydrogen-bond donors (Lipinski definition) is 2. The zero-order chi connectivity index (χ0) is 13.0. The van der Waals surface area contributed by atoms with Crippen molar-refractivity contribution in [2.75, 3.05) is 52.5 Å². The lowest BCUT2D eigenvalue weighted by Gasteiger charge is -2.38. The topological polar surface area (TPSA) is 74.8 Å².